The second kappa shape index (κ2) is 5.93. The molecule has 6 heteroatoms. The van der Waals surface area contributed by atoms with Gasteiger partial charge in [-0.15, -0.1) is 0 Å². The van der Waals surface area contributed by atoms with Crippen LogP contribution in [0.1, 0.15) is 16.8 Å². The van der Waals surface area contributed by atoms with E-state index in [4.69, 9.17) is 0 Å². The van der Waals surface area contributed by atoms with Crippen molar-refractivity contribution in [2.45, 2.75) is 6.42 Å². The van der Waals surface area contributed by atoms with Crippen LogP contribution in [0.5, 0.6) is 0 Å². The lowest BCUT2D eigenvalue weighted by Crippen LogP contribution is -2.26. The first-order valence-corrected chi connectivity index (χ1v) is 4.84. The number of carbonyl (C=O) groups is 2. The molecule has 1 amide bonds. The van der Waals surface area contributed by atoms with E-state index in [0.717, 1.165) is 18.2 Å². The summed E-state index contributed by atoms with van der Waals surface area (Å²) < 4.78 is 29.8. The Bertz CT molecular complexity index is 435. The molecule has 1 N–H and O–H groups in total. The molecule has 0 bridgehead atoms. The van der Waals surface area contributed by atoms with Gasteiger partial charge in [0, 0.05) is 12.1 Å². The smallest absolute Gasteiger partial charge is 0.307 e. The molecule has 0 aliphatic carbocycles. The molecular formula is C11H11F2NO3. The van der Waals surface area contributed by atoms with Gasteiger partial charge in [0.05, 0.1) is 13.5 Å². The lowest BCUT2D eigenvalue weighted by Gasteiger charge is -2.04. The highest BCUT2D eigenvalue weighted by molar-refractivity contribution is 5.94. The highest BCUT2D eigenvalue weighted by Gasteiger charge is 2.09. The molecule has 0 unspecified atom stereocenters. The zero-order valence-corrected chi connectivity index (χ0v) is 9.13. The minimum Gasteiger partial charge on any atom is -0.469 e. The molecule has 4 nitrogen and oxygen atoms in total. The SMILES string of the molecule is COC(=O)CCNC(=O)c1ccc(F)c(F)c1. The van der Waals surface area contributed by atoms with Gasteiger partial charge in [-0.2, -0.15) is 0 Å². The number of nitrogens with one attached hydrogen (secondary N) is 1. The molecule has 0 aromatic heterocycles. The molecule has 0 aliphatic rings. The largest absolute Gasteiger partial charge is 0.469 e. The van der Waals surface area contributed by atoms with Crippen molar-refractivity contribution >= 4 is 11.9 Å². The predicted octanol–water partition coefficient (Wildman–Crippen LogP) is 1.26. The van der Waals surface area contributed by atoms with Crippen LogP contribution < -0.4 is 5.32 Å². The van der Waals surface area contributed by atoms with Crippen LogP contribution in [0.15, 0.2) is 18.2 Å². The highest BCUT2D eigenvalue weighted by Crippen LogP contribution is 2.08. The van der Waals surface area contributed by atoms with E-state index in [1.54, 1.807) is 0 Å². The number of benzene rings is 1. The van der Waals surface area contributed by atoms with E-state index in [0.29, 0.717) is 0 Å². The normalized spacial score (nSPS) is 9.82. The fraction of sp³-hybridized carbons (Fsp3) is 0.273. The van der Waals surface area contributed by atoms with Gasteiger partial charge in [-0.1, -0.05) is 0 Å². The summed E-state index contributed by atoms with van der Waals surface area (Å²) in [7, 11) is 1.24. The average molecular weight is 243 g/mol. The Hall–Kier alpha value is -1.98. The zero-order valence-electron chi connectivity index (χ0n) is 9.13. The van der Waals surface area contributed by atoms with Crippen LogP contribution in [0.3, 0.4) is 0 Å². The van der Waals surface area contributed by atoms with Gasteiger partial charge in [0.15, 0.2) is 11.6 Å². The number of halogens is 2. The lowest BCUT2D eigenvalue weighted by atomic mass is 10.2. The second-order valence-electron chi connectivity index (χ2n) is 3.21. The summed E-state index contributed by atoms with van der Waals surface area (Å²) >= 11 is 0. The number of esters is 1. The summed E-state index contributed by atoms with van der Waals surface area (Å²) in [6.07, 6.45) is 0.0198. The molecule has 1 aromatic carbocycles. The van der Waals surface area contributed by atoms with Gasteiger partial charge >= 0.3 is 5.97 Å². The maximum atomic E-state index is 12.8. The Labute approximate surface area is 96.6 Å². The van der Waals surface area contributed by atoms with Crippen molar-refractivity contribution in [2.75, 3.05) is 13.7 Å². The molecule has 0 saturated carbocycles. The Kier molecular flexibility index (Phi) is 4.56. The molecule has 0 heterocycles. The monoisotopic (exact) mass is 243 g/mol. The summed E-state index contributed by atoms with van der Waals surface area (Å²) in [5.74, 6) is -3.15. The first kappa shape index (κ1) is 13.1. The average Bonchev–Trinajstić information content (AvgIpc) is 2.32. The van der Waals surface area contributed by atoms with Crippen LogP contribution >= 0.6 is 0 Å². The summed E-state index contributed by atoms with van der Waals surface area (Å²) in [5, 5.41) is 2.38. The van der Waals surface area contributed by atoms with Crippen molar-refractivity contribution in [1.82, 2.24) is 5.32 Å². The summed E-state index contributed by atoms with van der Waals surface area (Å²) in [6, 6.07) is 2.82. The Morgan fingerprint density at radius 1 is 1.29 bits per heavy atom. The molecule has 0 saturated heterocycles. The number of carbonyl (C=O) groups excluding carboxylic acids is 2. The Morgan fingerprint density at radius 2 is 2.00 bits per heavy atom. The number of hydrogen-bond acceptors (Lipinski definition) is 3. The van der Waals surface area contributed by atoms with Gasteiger partial charge in [-0.3, -0.25) is 9.59 Å². The van der Waals surface area contributed by atoms with Gasteiger partial charge in [-0.25, -0.2) is 8.78 Å². The van der Waals surface area contributed by atoms with Crippen molar-refractivity contribution in [3.8, 4) is 0 Å². The third-order valence-electron chi connectivity index (χ3n) is 2.02. The van der Waals surface area contributed by atoms with Crippen LogP contribution in [0, 0.1) is 11.6 Å². The van der Waals surface area contributed by atoms with Gasteiger partial charge < -0.3 is 10.1 Å². The number of amides is 1. The first-order valence-electron chi connectivity index (χ1n) is 4.84. The van der Waals surface area contributed by atoms with Crippen molar-refractivity contribution in [2.24, 2.45) is 0 Å². The van der Waals surface area contributed by atoms with Crippen molar-refractivity contribution in [3.63, 3.8) is 0 Å². The number of hydrogen-bond donors (Lipinski definition) is 1. The molecule has 0 spiro atoms. The molecule has 0 radical (unpaired) electrons. The summed E-state index contributed by atoms with van der Waals surface area (Å²) in [5.41, 5.74) is -0.00577. The summed E-state index contributed by atoms with van der Waals surface area (Å²) in [4.78, 5) is 22.2. The van der Waals surface area contributed by atoms with E-state index < -0.39 is 23.5 Å². The highest BCUT2D eigenvalue weighted by atomic mass is 19.2. The van der Waals surface area contributed by atoms with Crippen LogP contribution in [0.4, 0.5) is 8.78 Å². The van der Waals surface area contributed by atoms with E-state index in [-0.39, 0.29) is 18.5 Å². The van der Waals surface area contributed by atoms with Crippen LogP contribution in [0.25, 0.3) is 0 Å². The maximum absolute atomic E-state index is 12.8. The molecular weight excluding hydrogens is 232 g/mol. The van der Waals surface area contributed by atoms with Crippen molar-refractivity contribution in [1.29, 1.82) is 0 Å². The van der Waals surface area contributed by atoms with E-state index in [1.165, 1.54) is 7.11 Å². The van der Waals surface area contributed by atoms with Gasteiger partial charge in [0.25, 0.3) is 5.91 Å². The van der Waals surface area contributed by atoms with Crippen molar-refractivity contribution < 1.29 is 23.1 Å². The van der Waals surface area contributed by atoms with E-state index in [1.807, 2.05) is 0 Å². The maximum Gasteiger partial charge on any atom is 0.307 e. The zero-order chi connectivity index (χ0) is 12.8. The van der Waals surface area contributed by atoms with Crippen LogP contribution in [0.2, 0.25) is 0 Å². The molecule has 0 atom stereocenters. The minimum absolute atomic E-state index is 0.00577. The second-order valence-corrected chi connectivity index (χ2v) is 3.21. The number of rotatable bonds is 4. The number of ether oxygens (including phenoxy) is 1. The van der Waals surface area contributed by atoms with Crippen LogP contribution in [-0.4, -0.2) is 25.5 Å². The van der Waals surface area contributed by atoms with Gasteiger partial charge in [0.1, 0.15) is 0 Å². The Balaban J connectivity index is 2.52. The van der Waals surface area contributed by atoms with Crippen LogP contribution in [-0.2, 0) is 9.53 Å². The van der Waals surface area contributed by atoms with Gasteiger partial charge in [0.2, 0.25) is 0 Å². The molecule has 0 fully saturated rings. The fourth-order valence-electron chi connectivity index (χ4n) is 1.12. The lowest BCUT2D eigenvalue weighted by molar-refractivity contribution is -0.140. The topological polar surface area (TPSA) is 55.4 Å². The van der Waals surface area contributed by atoms with E-state index >= 15 is 0 Å². The minimum atomic E-state index is -1.09. The van der Waals surface area contributed by atoms with Crippen molar-refractivity contribution in [3.05, 3.63) is 35.4 Å². The standard InChI is InChI=1S/C11H11F2NO3/c1-17-10(15)4-5-14-11(16)7-2-3-8(12)9(13)6-7/h2-3,6H,4-5H2,1H3,(H,14,16). The van der Waals surface area contributed by atoms with Gasteiger partial charge in [-0.05, 0) is 18.2 Å². The summed E-state index contributed by atoms with van der Waals surface area (Å²) in [6.45, 7) is 0.0739. The predicted molar refractivity (Wildman–Crippen MR) is 55.3 cm³/mol. The fourth-order valence-corrected chi connectivity index (χ4v) is 1.12. The number of methoxy groups -OCH3 is 1. The third-order valence-corrected chi connectivity index (χ3v) is 2.02. The Morgan fingerprint density at radius 3 is 2.59 bits per heavy atom. The molecule has 0 aliphatic heterocycles. The molecule has 92 valence electrons. The molecule has 1 rings (SSSR count). The molecule has 17 heavy (non-hydrogen) atoms. The molecule has 1 aromatic rings. The quantitative estimate of drug-likeness (QED) is 0.810. The third kappa shape index (κ3) is 3.82. The first-order chi connectivity index (χ1) is 8.04. The van der Waals surface area contributed by atoms with E-state index in [2.05, 4.69) is 10.1 Å². The van der Waals surface area contributed by atoms with E-state index in [9.17, 15) is 18.4 Å².